The van der Waals surface area contributed by atoms with E-state index in [0.29, 0.717) is 6.04 Å². The fourth-order valence-corrected chi connectivity index (χ4v) is 1.39. The van der Waals surface area contributed by atoms with E-state index in [4.69, 9.17) is 4.74 Å². The third-order valence-electron chi connectivity index (χ3n) is 2.86. The van der Waals surface area contributed by atoms with E-state index in [1.54, 1.807) is 12.1 Å². The van der Waals surface area contributed by atoms with Crippen LogP contribution in [0.5, 0.6) is 5.75 Å². The summed E-state index contributed by atoms with van der Waals surface area (Å²) in [6.07, 6.45) is 0. The standard InChI is InChI=1S/C12H19N3O3/c1-9(14(2)3)8-13-10-5-6-11(15(16)17)12(7-10)18-4/h5-7,9,13H,8H2,1-4H3. The number of hydrogen-bond donors (Lipinski definition) is 1. The van der Waals surface area contributed by atoms with Crippen molar-refractivity contribution in [2.75, 3.05) is 33.1 Å². The van der Waals surface area contributed by atoms with Crippen LogP contribution in [0.1, 0.15) is 6.92 Å². The number of ether oxygens (including phenoxy) is 1. The molecule has 1 aromatic rings. The Morgan fingerprint density at radius 1 is 1.50 bits per heavy atom. The van der Waals surface area contributed by atoms with Crippen LogP contribution in [0.3, 0.4) is 0 Å². The topological polar surface area (TPSA) is 67.6 Å². The highest BCUT2D eigenvalue weighted by atomic mass is 16.6. The molecule has 0 amide bonds. The molecule has 0 saturated heterocycles. The first-order valence-corrected chi connectivity index (χ1v) is 5.68. The monoisotopic (exact) mass is 253 g/mol. The zero-order valence-electron chi connectivity index (χ0n) is 11.1. The van der Waals surface area contributed by atoms with Crippen molar-refractivity contribution in [2.24, 2.45) is 0 Å². The third-order valence-corrected chi connectivity index (χ3v) is 2.86. The molecule has 6 heteroatoms. The van der Waals surface area contributed by atoms with Gasteiger partial charge in [-0.1, -0.05) is 0 Å². The number of benzene rings is 1. The molecule has 0 saturated carbocycles. The van der Waals surface area contributed by atoms with E-state index in [9.17, 15) is 10.1 Å². The normalized spacial score (nSPS) is 12.3. The fraction of sp³-hybridized carbons (Fsp3) is 0.500. The summed E-state index contributed by atoms with van der Waals surface area (Å²) in [4.78, 5) is 12.4. The molecule has 0 fully saturated rings. The molecule has 1 rings (SSSR count). The second kappa shape index (κ2) is 6.20. The van der Waals surface area contributed by atoms with Crippen LogP contribution in [0.15, 0.2) is 18.2 Å². The average molecular weight is 253 g/mol. The fourth-order valence-electron chi connectivity index (χ4n) is 1.39. The van der Waals surface area contributed by atoms with Gasteiger partial charge in [-0.2, -0.15) is 0 Å². The van der Waals surface area contributed by atoms with Gasteiger partial charge in [0.1, 0.15) is 0 Å². The molecule has 0 aliphatic rings. The molecule has 0 aliphatic carbocycles. The number of anilines is 1. The first-order chi connectivity index (χ1) is 8.45. The predicted octanol–water partition coefficient (Wildman–Crippen LogP) is 1.97. The summed E-state index contributed by atoms with van der Waals surface area (Å²) in [5, 5.41) is 14.0. The molecule has 0 aliphatic heterocycles. The second-order valence-corrected chi connectivity index (χ2v) is 4.34. The molecule has 0 heterocycles. The average Bonchev–Trinajstić information content (AvgIpc) is 2.34. The largest absolute Gasteiger partial charge is 0.490 e. The maximum atomic E-state index is 10.7. The van der Waals surface area contributed by atoms with Crippen LogP contribution in [0.2, 0.25) is 0 Å². The number of likely N-dealkylation sites (N-methyl/N-ethyl adjacent to an activating group) is 1. The molecule has 1 atom stereocenters. The maximum absolute atomic E-state index is 10.7. The van der Waals surface area contributed by atoms with Gasteiger partial charge in [0.25, 0.3) is 0 Å². The highest BCUT2D eigenvalue weighted by Crippen LogP contribution is 2.29. The highest BCUT2D eigenvalue weighted by Gasteiger charge is 2.14. The minimum atomic E-state index is -0.453. The molecule has 0 bridgehead atoms. The van der Waals surface area contributed by atoms with E-state index in [0.717, 1.165) is 12.2 Å². The van der Waals surface area contributed by atoms with Crippen molar-refractivity contribution >= 4 is 11.4 Å². The summed E-state index contributed by atoms with van der Waals surface area (Å²) in [6.45, 7) is 2.85. The first-order valence-electron chi connectivity index (χ1n) is 5.68. The Bertz CT molecular complexity index is 421. The molecule has 0 aromatic heterocycles. The van der Waals surface area contributed by atoms with Gasteiger partial charge in [-0.25, -0.2) is 0 Å². The van der Waals surface area contributed by atoms with E-state index in [1.165, 1.54) is 13.2 Å². The smallest absolute Gasteiger partial charge is 0.311 e. The van der Waals surface area contributed by atoms with Crippen LogP contribution >= 0.6 is 0 Å². The van der Waals surface area contributed by atoms with Crippen LogP contribution in [0.25, 0.3) is 0 Å². The van der Waals surface area contributed by atoms with Crippen molar-refractivity contribution in [3.8, 4) is 5.75 Å². The molecule has 1 N–H and O–H groups in total. The third kappa shape index (κ3) is 3.59. The molecular weight excluding hydrogens is 234 g/mol. The van der Waals surface area contributed by atoms with E-state index in [-0.39, 0.29) is 11.4 Å². The van der Waals surface area contributed by atoms with Gasteiger partial charge in [0.2, 0.25) is 0 Å². The lowest BCUT2D eigenvalue weighted by Gasteiger charge is -2.20. The van der Waals surface area contributed by atoms with Crippen molar-refractivity contribution in [2.45, 2.75) is 13.0 Å². The Balaban J connectivity index is 2.77. The van der Waals surface area contributed by atoms with Gasteiger partial charge < -0.3 is 15.0 Å². The van der Waals surface area contributed by atoms with Crippen LogP contribution in [0.4, 0.5) is 11.4 Å². The van der Waals surface area contributed by atoms with Gasteiger partial charge in [0.15, 0.2) is 5.75 Å². The van der Waals surface area contributed by atoms with E-state index < -0.39 is 4.92 Å². The van der Waals surface area contributed by atoms with Gasteiger partial charge in [-0.15, -0.1) is 0 Å². The lowest BCUT2D eigenvalue weighted by atomic mass is 10.2. The van der Waals surface area contributed by atoms with Gasteiger partial charge >= 0.3 is 5.69 Å². The lowest BCUT2D eigenvalue weighted by molar-refractivity contribution is -0.385. The van der Waals surface area contributed by atoms with Gasteiger partial charge in [0.05, 0.1) is 12.0 Å². The molecule has 0 radical (unpaired) electrons. The van der Waals surface area contributed by atoms with E-state index in [1.807, 2.05) is 14.1 Å². The Labute approximate surface area is 107 Å². The number of nitro groups is 1. The summed E-state index contributed by atoms with van der Waals surface area (Å²) in [6, 6.07) is 5.14. The van der Waals surface area contributed by atoms with Crippen molar-refractivity contribution in [3.05, 3.63) is 28.3 Å². The Hall–Kier alpha value is -1.82. The Morgan fingerprint density at radius 2 is 2.17 bits per heavy atom. The molecule has 6 nitrogen and oxygen atoms in total. The van der Waals surface area contributed by atoms with Crippen LogP contribution in [0, 0.1) is 10.1 Å². The Morgan fingerprint density at radius 3 is 2.67 bits per heavy atom. The van der Waals surface area contributed by atoms with Crippen LogP contribution in [-0.4, -0.2) is 43.6 Å². The number of rotatable bonds is 6. The highest BCUT2D eigenvalue weighted by molar-refractivity contribution is 5.57. The summed E-state index contributed by atoms with van der Waals surface area (Å²) in [7, 11) is 5.43. The summed E-state index contributed by atoms with van der Waals surface area (Å²) in [5.41, 5.74) is 0.787. The first kappa shape index (κ1) is 14.2. The summed E-state index contributed by atoms with van der Waals surface area (Å²) in [5.74, 6) is 0.266. The van der Waals surface area contributed by atoms with Gasteiger partial charge in [-0.05, 0) is 27.1 Å². The zero-order chi connectivity index (χ0) is 13.7. The van der Waals surface area contributed by atoms with Crippen molar-refractivity contribution in [1.82, 2.24) is 4.90 Å². The SMILES string of the molecule is COc1cc(NCC(C)N(C)C)ccc1[N+](=O)[O-]. The Kier molecular flexibility index (Phi) is 4.91. The molecule has 1 aromatic carbocycles. The number of hydrogen-bond acceptors (Lipinski definition) is 5. The number of methoxy groups -OCH3 is 1. The lowest BCUT2D eigenvalue weighted by Crippen LogP contribution is -2.31. The van der Waals surface area contributed by atoms with Gasteiger partial charge in [-0.3, -0.25) is 10.1 Å². The van der Waals surface area contributed by atoms with Crippen molar-refractivity contribution < 1.29 is 9.66 Å². The molecule has 1 unspecified atom stereocenters. The summed E-state index contributed by atoms with van der Waals surface area (Å²) >= 11 is 0. The predicted molar refractivity (Wildman–Crippen MR) is 71.3 cm³/mol. The molecular formula is C12H19N3O3. The number of nitrogens with one attached hydrogen (secondary N) is 1. The zero-order valence-corrected chi connectivity index (χ0v) is 11.1. The van der Waals surface area contributed by atoms with Crippen LogP contribution < -0.4 is 10.1 Å². The maximum Gasteiger partial charge on any atom is 0.311 e. The molecule has 100 valence electrons. The quantitative estimate of drug-likeness (QED) is 0.620. The van der Waals surface area contributed by atoms with E-state index >= 15 is 0 Å². The molecule has 18 heavy (non-hydrogen) atoms. The molecule has 0 spiro atoms. The number of nitro benzene ring substituents is 1. The minimum Gasteiger partial charge on any atom is -0.490 e. The number of nitrogens with zero attached hydrogens (tertiary/aromatic N) is 2. The van der Waals surface area contributed by atoms with Crippen LogP contribution in [-0.2, 0) is 0 Å². The van der Waals surface area contributed by atoms with Crippen molar-refractivity contribution in [1.29, 1.82) is 0 Å². The van der Waals surface area contributed by atoms with Gasteiger partial charge in [0, 0.05) is 30.4 Å². The van der Waals surface area contributed by atoms with Crippen molar-refractivity contribution in [3.63, 3.8) is 0 Å². The van der Waals surface area contributed by atoms with E-state index in [2.05, 4.69) is 17.1 Å². The summed E-state index contributed by atoms with van der Waals surface area (Å²) < 4.78 is 5.01. The second-order valence-electron chi connectivity index (χ2n) is 4.34. The minimum absolute atomic E-state index is 0.0243.